The molecule has 1 aromatic carbocycles. The lowest BCUT2D eigenvalue weighted by atomic mass is 9.97. The Morgan fingerprint density at radius 3 is 3.13 bits per heavy atom. The predicted molar refractivity (Wildman–Crippen MR) is 90.5 cm³/mol. The molecule has 122 valence electrons. The Hall–Kier alpha value is -1.70. The number of halogens is 1. The number of terminal acetylenes is 1. The number of benzene rings is 1. The maximum absolute atomic E-state index is 12.8. The second-order valence-electron chi connectivity index (χ2n) is 6.04. The zero-order chi connectivity index (χ0) is 16.2. The van der Waals surface area contributed by atoms with Gasteiger partial charge in [-0.3, -0.25) is 9.69 Å². The van der Waals surface area contributed by atoms with Gasteiger partial charge >= 0.3 is 0 Å². The molecule has 5 heteroatoms. The van der Waals surface area contributed by atoms with Crippen LogP contribution in [0.4, 0.5) is 0 Å². The van der Waals surface area contributed by atoms with E-state index in [2.05, 4.69) is 16.1 Å². The van der Waals surface area contributed by atoms with Crippen molar-refractivity contribution in [3.05, 3.63) is 28.8 Å². The molecule has 3 rings (SSSR count). The quantitative estimate of drug-likeness (QED) is 0.865. The van der Waals surface area contributed by atoms with E-state index in [1.807, 2.05) is 12.1 Å². The number of piperidine rings is 1. The van der Waals surface area contributed by atoms with Crippen LogP contribution in [0.15, 0.2) is 18.2 Å². The standard InChI is InChI=1S/C18H21ClN2O2/c1-2-10-21-11-4-3-8-16(21)18(22)20-15-9-12-23-17-13(15)6-5-7-14(17)19/h1,5-7,15-16H,3-4,8-12H2,(H,20,22)/t15-,16-/m1/s1. The van der Waals surface area contributed by atoms with E-state index >= 15 is 0 Å². The highest BCUT2D eigenvalue weighted by molar-refractivity contribution is 6.32. The van der Waals surface area contributed by atoms with Crippen molar-refractivity contribution in [3.63, 3.8) is 0 Å². The van der Waals surface area contributed by atoms with Crippen molar-refractivity contribution in [1.29, 1.82) is 0 Å². The van der Waals surface area contributed by atoms with E-state index in [0.29, 0.717) is 23.9 Å². The number of hydrogen-bond acceptors (Lipinski definition) is 3. The lowest BCUT2D eigenvalue weighted by Gasteiger charge is -2.35. The van der Waals surface area contributed by atoms with Crippen LogP contribution in [-0.4, -0.2) is 36.5 Å². The van der Waals surface area contributed by atoms with Crippen molar-refractivity contribution in [2.24, 2.45) is 0 Å². The summed E-state index contributed by atoms with van der Waals surface area (Å²) in [5.41, 5.74) is 0.955. The third-order valence-electron chi connectivity index (χ3n) is 4.55. The topological polar surface area (TPSA) is 41.6 Å². The second kappa shape index (κ2) is 7.25. The SMILES string of the molecule is C#CCN1CCCC[C@@H]1C(=O)N[C@@H]1CCOc2c(Cl)cccc21. The Bertz CT molecular complexity index is 626. The van der Waals surface area contributed by atoms with Crippen LogP contribution < -0.4 is 10.1 Å². The Morgan fingerprint density at radius 1 is 1.43 bits per heavy atom. The summed E-state index contributed by atoms with van der Waals surface area (Å²) in [7, 11) is 0. The molecule has 0 aliphatic carbocycles. The van der Waals surface area contributed by atoms with E-state index in [4.69, 9.17) is 22.8 Å². The number of likely N-dealkylation sites (tertiary alicyclic amines) is 1. The summed E-state index contributed by atoms with van der Waals surface area (Å²) in [6.45, 7) is 1.97. The lowest BCUT2D eigenvalue weighted by Crippen LogP contribution is -2.50. The molecule has 2 atom stereocenters. The van der Waals surface area contributed by atoms with E-state index in [9.17, 15) is 4.79 Å². The van der Waals surface area contributed by atoms with Gasteiger partial charge in [0.2, 0.25) is 5.91 Å². The Morgan fingerprint density at radius 2 is 2.30 bits per heavy atom. The average molecular weight is 333 g/mol. The number of rotatable bonds is 3. The smallest absolute Gasteiger partial charge is 0.237 e. The number of para-hydroxylation sites is 1. The van der Waals surface area contributed by atoms with Gasteiger partial charge in [-0.2, -0.15) is 0 Å². The van der Waals surface area contributed by atoms with Gasteiger partial charge in [-0.15, -0.1) is 6.42 Å². The molecule has 2 aliphatic rings. The summed E-state index contributed by atoms with van der Waals surface area (Å²) < 4.78 is 5.65. The van der Waals surface area contributed by atoms with E-state index in [1.165, 1.54) is 0 Å². The number of fused-ring (bicyclic) bond motifs is 1. The zero-order valence-electron chi connectivity index (χ0n) is 13.1. The molecular formula is C18H21ClN2O2. The first-order valence-electron chi connectivity index (χ1n) is 8.10. The van der Waals surface area contributed by atoms with Crippen LogP contribution in [0.2, 0.25) is 5.02 Å². The highest BCUT2D eigenvalue weighted by Crippen LogP contribution is 2.37. The number of hydrogen-bond donors (Lipinski definition) is 1. The van der Waals surface area contributed by atoms with Crippen LogP contribution in [0.3, 0.4) is 0 Å². The monoisotopic (exact) mass is 332 g/mol. The number of amides is 1. The van der Waals surface area contributed by atoms with Crippen LogP contribution in [0.1, 0.15) is 37.3 Å². The molecule has 4 nitrogen and oxygen atoms in total. The maximum atomic E-state index is 12.8. The van der Waals surface area contributed by atoms with Gasteiger partial charge < -0.3 is 10.1 Å². The van der Waals surface area contributed by atoms with Crippen molar-refractivity contribution in [1.82, 2.24) is 10.2 Å². The van der Waals surface area contributed by atoms with E-state index < -0.39 is 0 Å². The van der Waals surface area contributed by atoms with E-state index in [0.717, 1.165) is 37.8 Å². The Balaban J connectivity index is 1.74. The van der Waals surface area contributed by atoms with Crippen LogP contribution in [-0.2, 0) is 4.79 Å². The minimum absolute atomic E-state index is 0.0535. The molecule has 0 aromatic heterocycles. The van der Waals surface area contributed by atoms with Gasteiger partial charge in [0.1, 0.15) is 5.75 Å². The first-order chi connectivity index (χ1) is 11.2. The zero-order valence-corrected chi connectivity index (χ0v) is 13.8. The molecule has 0 unspecified atom stereocenters. The average Bonchev–Trinajstić information content (AvgIpc) is 2.56. The molecule has 0 bridgehead atoms. The van der Waals surface area contributed by atoms with Crippen LogP contribution in [0.25, 0.3) is 0 Å². The van der Waals surface area contributed by atoms with Crippen molar-refractivity contribution in [2.75, 3.05) is 19.7 Å². The molecule has 1 N–H and O–H groups in total. The van der Waals surface area contributed by atoms with Crippen molar-refractivity contribution in [2.45, 2.75) is 37.8 Å². The molecule has 0 spiro atoms. The van der Waals surface area contributed by atoms with Crippen molar-refractivity contribution in [3.8, 4) is 18.1 Å². The summed E-state index contributed by atoms with van der Waals surface area (Å²) in [5, 5.41) is 3.76. The highest BCUT2D eigenvalue weighted by atomic mass is 35.5. The summed E-state index contributed by atoms with van der Waals surface area (Å²) in [6.07, 6.45) is 9.21. The molecule has 1 saturated heterocycles. The summed E-state index contributed by atoms with van der Waals surface area (Å²) in [4.78, 5) is 14.8. The summed E-state index contributed by atoms with van der Waals surface area (Å²) >= 11 is 6.19. The maximum Gasteiger partial charge on any atom is 0.237 e. The molecule has 23 heavy (non-hydrogen) atoms. The first kappa shape index (κ1) is 16.2. The second-order valence-corrected chi connectivity index (χ2v) is 6.45. The molecule has 1 amide bonds. The van der Waals surface area contributed by atoms with Gasteiger partial charge in [0.15, 0.2) is 0 Å². The van der Waals surface area contributed by atoms with Crippen LogP contribution in [0, 0.1) is 12.3 Å². The summed E-state index contributed by atoms with van der Waals surface area (Å²) in [5.74, 6) is 3.40. The molecule has 1 fully saturated rings. The molecule has 2 aliphatic heterocycles. The molecule has 2 heterocycles. The van der Waals surface area contributed by atoms with Gasteiger partial charge in [-0.1, -0.05) is 36.1 Å². The Kier molecular flexibility index (Phi) is 5.09. The number of carbonyl (C=O) groups is 1. The molecule has 1 aromatic rings. The molecular weight excluding hydrogens is 312 g/mol. The highest BCUT2D eigenvalue weighted by Gasteiger charge is 2.31. The van der Waals surface area contributed by atoms with Crippen LogP contribution >= 0.6 is 11.6 Å². The van der Waals surface area contributed by atoms with Gasteiger partial charge in [-0.25, -0.2) is 0 Å². The van der Waals surface area contributed by atoms with E-state index in [1.54, 1.807) is 6.07 Å². The van der Waals surface area contributed by atoms with Gasteiger partial charge in [0, 0.05) is 12.0 Å². The Labute approximate surface area is 142 Å². The third kappa shape index (κ3) is 3.46. The number of ether oxygens (including phenoxy) is 1. The molecule has 0 saturated carbocycles. The van der Waals surface area contributed by atoms with Gasteiger partial charge in [-0.05, 0) is 25.5 Å². The van der Waals surface area contributed by atoms with Crippen molar-refractivity contribution >= 4 is 17.5 Å². The number of nitrogens with zero attached hydrogens (tertiary/aromatic N) is 1. The fourth-order valence-corrected chi connectivity index (χ4v) is 3.64. The number of nitrogens with one attached hydrogen (secondary N) is 1. The van der Waals surface area contributed by atoms with Crippen LogP contribution in [0.5, 0.6) is 5.75 Å². The van der Waals surface area contributed by atoms with Gasteiger partial charge in [0.05, 0.1) is 30.3 Å². The minimum Gasteiger partial charge on any atom is -0.492 e. The summed E-state index contributed by atoms with van der Waals surface area (Å²) in [6, 6.07) is 5.47. The van der Waals surface area contributed by atoms with Crippen molar-refractivity contribution < 1.29 is 9.53 Å². The fraction of sp³-hybridized carbons (Fsp3) is 0.500. The normalized spacial score (nSPS) is 24.2. The van der Waals surface area contributed by atoms with E-state index in [-0.39, 0.29) is 18.0 Å². The third-order valence-corrected chi connectivity index (χ3v) is 4.85. The van der Waals surface area contributed by atoms with Gasteiger partial charge in [0.25, 0.3) is 0 Å². The minimum atomic E-state index is -0.134. The largest absolute Gasteiger partial charge is 0.492 e. The first-order valence-corrected chi connectivity index (χ1v) is 8.47. The number of carbonyl (C=O) groups excluding carboxylic acids is 1. The lowest BCUT2D eigenvalue weighted by molar-refractivity contribution is -0.128. The predicted octanol–water partition coefficient (Wildman–Crippen LogP) is 2.77. The fourth-order valence-electron chi connectivity index (χ4n) is 3.40. The molecule has 0 radical (unpaired) electrons.